The van der Waals surface area contributed by atoms with Gasteiger partial charge in [0.25, 0.3) is 5.91 Å². The zero-order chi connectivity index (χ0) is 18.5. The Labute approximate surface area is 154 Å². The van der Waals surface area contributed by atoms with Crippen LogP contribution in [0.25, 0.3) is 0 Å². The highest BCUT2D eigenvalue weighted by Gasteiger charge is 2.18. The van der Waals surface area contributed by atoms with Crippen LogP contribution in [-0.4, -0.2) is 11.8 Å². The van der Waals surface area contributed by atoms with Gasteiger partial charge in [-0.15, -0.1) is 11.8 Å². The van der Waals surface area contributed by atoms with E-state index in [0.717, 1.165) is 10.5 Å². The molecule has 0 saturated heterocycles. The molecule has 2 heterocycles. The molecule has 0 atom stereocenters. The topological polar surface area (TPSA) is 84.5 Å². The molecule has 3 rings (SSSR count). The lowest BCUT2D eigenvalue weighted by molar-refractivity contribution is 0.0829. The van der Waals surface area contributed by atoms with Gasteiger partial charge in [0.15, 0.2) is 5.76 Å². The molecule has 2 aromatic heterocycles. The van der Waals surface area contributed by atoms with Crippen molar-refractivity contribution in [2.75, 3.05) is 0 Å². The molecular formula is C19H18N2O4S. The molecule has 3 aromatic rings. The maximum Gasteiger partial charge on any atom is 0.305 e. The Kier molecular flexibility index (Phi) is 5.48. The molecule has 6 nitrogen and oxygen atoms in total. The zero-order valence-electron chi connectivity index (χ0n) is 14.4. The largest absolute Gasteiger partial charge is 0.466 e. The normalized spacial score (nSPS) is 10.5. The molecule has 2 amide bonds. The number of furan rings is 2. The first-order valence-corrected chi connectivity index (χ1v) is 8.95. The Morgan fingerprint density at radius 3 is 2.46 bits per heavy atom. The smallest absolute Gasteiger partial charge is 0.305 e. The van der Waals surface area contributed by atoms with Gasteiger partial charge in [-0.25, -0.2) is 0 Å². The van der Waals surface area contributed by atoms with Crippen LogP contribution in [0.5, 0.6) is 0 Å². The minimum absolute atomic E-state index is 0.175. The summed E-state index contributed by atoms with van der Waals surface area (Å²) in [5.74, 6) is 0.924. The lowest BCUT2D eigenvalue weighted by Gasteiger charge is -2.07. The van der Waals surface area contributed by atoms with E-state index in [9.17, 15) is 9.59 Å². The van der Waals surface area contributed by atoms with Crippen molar-refractivity contribution in [2.24, 2.45) is 0 Å². The second kappa shape index (κ2) is 7.97. The van der Waals surface area contributed by atoms with Crippen LogP contribution in [0.4, 0.5) is 0 Å². The van der Waals surface area contributed by atoms with E-state index >= 15 is 0 Å². The SMILES string of the molecule is Cc1cc(C(=O)NNC(=O)c2occc2CSc2ccccc2)c(C)o1. The molecule has 0 spiro atoms. The van der Waals surface area contributed by atoms with Crippen LogP contribution in [0.1, 0.15) is 38.0 Å². The summed E-state index contributed by atoms with van der Waals surface area (Å²) in [4.78, 5) is 25.5. The third-order valence-corrected chi connectivity index (χ3v) is 4.73. The van der Waals surface area contributed by atoms with Crippen molar-refractivity contribution in [3.8, 4) is 0 Å². The van der Waals surface area contributed by atoms with Crippen molar-refractivity contribution in [1.29, 1.82) is 0 Å². The summed E-state index contributed by atoms with van der Waals surface area (Å²) >= 11 is 1.60. The predicted molar refractivity (Wildman–Crippen MR) is 97.8 cm³/mol. The van der Waals surface area contributed by atoms with Crippen LogP contribution < -0.4 is 10.9 Å². The van der Waals surface area contributed by atoms with Crippen LogP contribution in [0, 0.1) is 13.8 Å². The van der Waals surface area contributed by atoms with Crippen molar-refractivity contribution < 1.29 is 18.4 Å². The van der Waals surface area contributed by atoms with Gasteiger partial charge in [0, 0.05) is 16.2 Å². The molecule has 7 heteroatoms. The maximum absolute atomic E-state index is 12.3. The lowest BCUT2D eigenvalue weighted by Crippen LogP contribution is -2.41. The van der Waals surface area contributed by atoms with Crippen molar-refractivity contribution in [3.05, 3.63) is 77.1 Å². The number of carbonyl (C=O) groups is 2. The number of aryl methyl sites for hydroxylation is 2. The summed E-state index contributed by atoms with van der Waals surface area (Å²) in [6.45, 7) is 3.44. The molecule has 0 radical (unpaired) electrons. The number of hydrogen-bond donors (Lipinski definition) is 2. The van der Waals surface area contributed by atoms with Gasteiger partial charge >= 0.3 is 5.91 Å². The molecule has 0 fully saturated rings. The van der Waals surface area contributed by atoms with E-state index in [4.69, 9.17) is 8.83 Å². The lowest BCUT2D eigenvalue weighted by atomic mass is 10.2. The first-order chi connectivity index (χ1) is 12.5. The predicted octanol–water partition coefficient (Wildman–Crippen LogP) is 3.86. The quantitative estimate of drug-likeness (QED) is 0.526. The Morgan fingerprint density at radius 1 is 1.04 bits per heavy atom. The van der Waals surface area contributed by atoms with Gasteiger partial charge in [-0.2, -0.15) is 0 Å². The molecule has 2 N–H and O–H groups in total. The minimum Gasteiger partial charge on any atom is -0.466 e. The van der Waals surface area contributed by atoms with Crippen molar-refractivity contribution in [1.82, 2.24) is 10.9 Å². The van der Waals surface area contributed by atoms with E-state index in [1.807, 2.05) is 30.3 Å². The number of hydrogen-bond acceptors (Lipinski definition) is 5. The number of thioether (sulfide) groups is 1. The highest BCUT2D eigenvalue weighted by Crippen LogP contribution is 2.24. The number of hydrazine groups is 1. The average molecular weight is 370 g/mol. The van der Waals surface area contributed by atoms with E-state index in [1.54, 1.807) is 37.7 Å². The van der Waals surface area contributed by atoms with Gasteiger partial charge in [0.2, 0.25) is 0 Å². The van der Waals surface area contributed by atoms with Gasteiger partial charge in [0.05, 0.1) is 11.8 Å². The fourth-order valence-electron chi connectivity index (χ4n) is 2.42. The molecule has 0 saturated carbocycles. The second-order valence-electron chi connectivity index (χ2n) is 5.61. The summed E-state index contributed by atoms with van der Waals surface area (Å²) < 4.78 is 10.6. The Hall–Kier alpha value is -2.93. The molecule has 0 bridgehead atoms. The van der Waals surface area contributed by atoms with Crippen LogP contribution in [0.15, 0.2) is 62.5 Å². The molecule has 0 aliphatic carbocycles. The van der Waals surface area contributed by atoms with Gasteiger partial charge < -0.3 is 8.83 Å². The van der Waals surface area contributed by atoms with Crippen LogP contribution in [0.2, 0.25) is 0 Å². The minimum atomic E-state index is -0.509. The van der Waals surface area contributed by atoms with E-state index < -0.39 is 11.8 Å². The Balaban J connectivity index is 1.59. The summed E-state index contributed by atoms with van der Waals surface area (Å²) in [5.41, 5.74) is 5.88. The van der Waals surface area contributed by atoms with E-state index in [0.29, 0.717) is 22.8 Å². The van der Waals surface area contributed by atoms with Crippen molar-refractivity contribution >= 4 is 23.6 Å². The van der Waals surface area contributed by atoms with E-state index in [1.165, 1.54) is 6.26 Å². The highest BCUT2D eigenvalue weighted by atomic mass is 32.2. The molecule has 134 valence electrons. The monoisotopic (exact) mass is 370 g/mol. The van der Waals surface area contributed by atoms with Crippen LogP contribution in [0.3, 0.4) is 0 Å². The Bertz CT molecular complexity index is 915. The highest BCUT2D eigenvalue weighted by molar-refractivity contribution is 7.98. The first kappa shape index (κ1) is 17.9. The third kappa shape index (κ3) is 4.18. The molecule has 1 aromatic carbocycles. The number of carbonyl (C=O) groups excluding carboxylic acids is 2. The van der Waals surface area contributed by atoms with E-state index in [-0.39, 0.29) is 5.76 Å². The van der Waals surface area contributed by atoms with Crippen LogP contribution >= 0.6 is 11.8 Å². The first-order valence-electron chi connectivity index (χ1n) is 7.96. The number of amides is 2. The van der Waals surface area contributed by atoms with Crippen molar-refractivity contribution in [2.45, 2.75) is 24.5 Å². The zero-order valence-corrected chi connectivity index (χ0v) is 15.2. The van der Waals surface area contributed by atoms with Gasteiger partial charge in [-0.05, 0) is 38.1 Å². The summed E-state index contributed by atoms with van der Waals surface area (Å²) in [6.07, 6.45) is 1.46. The molecule has 26 heavy (non-hydrogen) atoms. The van der Waals surface area contributed by atoms with E-state index in [2.05, 4.69) is 10.9 Å². The standard InChI is InChI=1S/C19H18N2O4S/c1-12-10-16(13(2)25-12)18(22)20-21-19(23)17-14(8-9-24-17)11-26-15-6-4-3-5-7-15/h3-10H,11H2,1-2H3,(H,20,22)(H,21,23). The molecule has 0 aliphatic heterocycles. The van der Waals surface area contributed by atoms with Gasteiger partial charge in [-0.1, -0.05) is 18.2 Å². The summed E-state index contributed by atoms with van der Waals surface area (Å²) in [6, 6.07) is 13.2. The summed E-state index contributed by atoms with van der Waals surface area (Å²) in [7, 11) is 0. The summed E-state index contributed by atoms with van der Waals surface area (Å²) in [5, 5.41) is 0. The fraction of sp³-hybridized carbons (Fsp3) is 0.158. The fourth-order valence-corrected chi connectivity index (χ4v) is 3.32. The number of rotatable bonds is 5. The van der Waals surface area contributed by atoms with Gasteiger partial charge in [0.1, 0.15) is 11.5 Å². The molecule has 0 aliphatic rings. The third-order valence-electron chi connectivity index (χ3n) is 3.67. The number of nitrogens with one attached hydrogen (secondary N) is 2. The number of benzene rings is 1. The van der Waals surface area contributed by atoms with Gasteiger partial charge in [-0.3, -0.25) is 20.4 Å². The second-order valence-corrected chi connectivity index (χ2v) is 6.66. The van der Waals surface area contributed by atoms with Crippen LogP contribution in [-0.2, 0) is 5.75 Å². The molecular weight excluding hydrogens is 352 g/mol. The van der Waals surface area contributed by atoms with Crippen molar-refractivity contribution in [3.63, 3.8) is 0 Å². The molecule has 0 unspecified atom stereocenters. The maximum atomic E-state index is 12.3. The average Bonchev–Trinajstić information content (AvgIpc) is 3.24. The Morgan fingerprint density at radius 2 is 1.77 bits per heavy atom.